The maximum absolute atomic E-state index is 13.8. The third-order valence-corrected chi connectivity index (χ3v) is 5.93. The van der Waals surface area contributed by atoms with Crippen LogP contribution in [0.15, 0.2) is 30.3 Å². The van der Waals surface area contributed by atoms with Gasteiger partial charge in [0.1, 0.15) is 0 Å². The molecule has 0 radical (unpaired) electrons. The highest BCUT2D eigenvalue weighted by atomic mass is 19.2. The summed E-state index contributed by atoms with van der Waals surface area (Å²) in [6.07, 6.45) is 11.6. The van der Waals surface area contributed by atoms with Crippen molar-refractivity contribution in [1.82, 2.24) is 4.98 Å². The Morgan fingerprint density at radius 2 is 1.52 bits per heavy atom. The number of aromatic nitrogens is 1. The molecule has 0 spiro atoms. The van der Waals surface area contributed by atoms with Crippen molar-refractivity contribution in [2.75, 3.05) is 0 Å². The summed E-state index contributed by atoms with van der Waals surface area (Å²) < 4.78 is 40.1. The van der Waals surface area contributed by atoms with Crippen molar-refractivity contribution in [3.05, 3.63) is 53.6 Å². The van der Waals surface area contributed by atoms with Crippen molar-refractivity contribution in [3.63, 3.8) is 0 Å². The van der Waals surface area contributed by atoms with E-state index in [-0.39, 0.29) is 5.56 Å². The summed E-state index contributed by atoms with van der Waals surface area (Å²) in [5.74, 6) is -1.79. The van der Waals surface area contributed by atoms with Gasteiger partial charge in [-0.1, -0.05) is 76.1 Å². The Hall–Kier alpha value is -1.84. The van der Waals surface area contributed by atoms with Crippen LogP contribution in [0.4, 0.5) is 13.2 Å². The number of pyridine rings is 1. The van der Waals surface area contributed by atoms with Crippen LogP contribution in [0.3, 0.4) is 0 Å². The molecule has 27 heavy (non-hydrogen) atoms. The molecule has 0 unspecified atom stereocenters. The molecule has 1 fully saturated rings. The number of hydrogen-bond acceptors (Lipinski definition) is 1. The van der Waals surface area contributed by atoms with Gasteiger partial charge in [-0.3, -0.25) is 0 Å². The van der Waals surface area contributed by atoms with Gasteiger partial charge in [-0.05, 0) is 41.9 Å². The molecule has 1 aliphatic rings. The molecule has 0 saturated heterocycles. The fourth-order valence-corrected chi connectivity index (χ4v) is 4.17. The molecule has 1 heterocycles. The molecule has 1 nitrogen and oxygen atoms in total. The van der Waals surface area contributed by atoms with E-state index in [1.54, 1.807) is 12.1 Å². The first-order valence-electron chi connectivity index (χ1n) is 10.2. The number of halogens is 3. The van der Waals surface area contributed by atoms with Crippen LogP contribution in [0.5, 0.6) is 0 Å². The van der Waals surface area contributed by atoms with Gasteiger partial charge in [0.15, 0.2) is 5.82 Å². The Kier molecular flexibility index (Phi) is 6.92. The van der Waals surface area contributed by atoms with Gasteiger partial charge in [0.2, 0.25) is 5.95 Å². The molecule has 0 aliphatic heterocycles. The summed E-state index contributed by atoms with van der Waals surface area (Å²) in [5.41, 5.74) is 1.70. The van der Waals surface area contributed by atoms with Crippen LogP contribution in [0.25, 0.3) is 11.1 Å². The first-order chi connectivity index (χ1) is 13.1. The van der Waals surface area contributed by atoms with E-state index in [1.807, 2.05) is 12.1 Å². The molecule has 1 aromatic carbocycles. The zero-order valence-corrected chi connectivity index (χ0v) is 16.0. The summed E-state index contributed by atoms with van der Waals surface area (Å²) in [6, 6.07) is 8.28. The largest absolute Gasteiger partial charge is 0.251 e. The van der Waals surface area contributed by atoms with Gasteiger partial charge in [0.05, 0.1) is 0 Å². The highest BCUT2D eigenvalue weighted by Gasteiger charge is 2.20. The number of hydrogen-bond donors (Lipinski definition) is 0. The Morgan fingerprint density at radius 3 is 2.15 bits per heavy atom. The number of benzene rings is 1. The lowest BCUT2D eigenvalue weighted by Crippen LogP contribution is -2.15. The number of aryl methyl sites for hydroxylation is 1. The maximum atomic E-state index is 13.8. The molecular weight excluding hydrogens is 347 g/mol. The van der Waals surface area contributed by atoms with E-state index in [0.717, 1.165) is 24.3 Å². The fraction of sp³-hybridized carbons (Fsp3) is 0.522. The third kappa shape index (κ3) is 5.33. The fourth-order valence-electron chi connectivity index (χ4n) is 4.17. The topological polar surface area (TPSA) is 12.9 Å². The smallest absolute Gasteiger partial charge is 0.202 e. The molecular formula is C23H28F3N. The van der Waals surface area contributed by atoms with E-state index in [0.29, 0.717) is 5.56 Å². The first kappa shape index (κ1) is 19.9. The normalized spacial score (nSPS) is 20.0. The van der Waals surface area contributed by atoms with Crippen LogP contribution in [0, 0.1) is 29.5 Å². The van der Waals surface area contributed by atoms with Crippen molar-refractivity contribution in [3.8, 4) is 11.1 Å². The zero-order valence-electron chi connectivity index (χ0n) is 16.0. The lowest BCUT2D eigenvalue weighted by Gasteiger charge is -2.28. The number of rotatable bonds is 7. The van der Waals surface area contributed by atoms with Crippen LogP contribution in [-0.4, -0.2) is 4.98 Å². The lowest BCUT2D eigenvalue weighted by atomic mass is 9.78. The highest BCUT2D eigenvalue weighted by molar-refractivity contribution is 5.63. The van der Waals surface area contributed by atoms with Crippen LogP contribution < -0.4 is 0 Å². The summed E-state index contributed by atoms with van der Waals surface area (Å²) in [7, 11) is 0. The van der Waals surface area contributed by atoms with Crippen LogP contribution in [0.1, 0.15) is 63.9 Å². The van der Waals surface area contributed by atoms with Gasteiger partial charge < -0.3 is 0 Å². The van der Waals surface area contributed by atoms with Crippen molar-refractivity contribution in [1.29, 1.82) is 0 Å². The molecule has 0 N–H and O–H groups in total. The maximum Gasteiger partial charge on any atom is 0.251 e. The summed E-state index contributed by atoms with van der Waals surface area (Å²) >= 11 is 0. The van der Waals surface area contributed by atoms with Crippen LogP contribution >= 0.6 is 0 Å². The summed E-state index contributed by atoms with van der Waals surface area (Å²) in [5, 5.41) is 0. The Labute approximate surface area is 160 Å². The second-order valence-electron chi connectivity index (χ2n) is 7.86. The summed E-state index contributed by atoms with van der Waals surface area (Å²) in [6.45, 7) is 2.26. The Balaban J connectivity index is 1.52. The first-order valence-corrected chi connectivity index (χ1v) is 10.2. The summed E-state index contributed by atoms with van der Waals surface area (Å²) in [4.78, 5) is 2.99. The molecule has 1 aromatic heterocycles. The predicted octanol–water partition coefficient (Wildman–Crippen LogP) is 7.10. The van der Waals surface area contributed by atoms with Gasteiger partial charge >= 0.3 is 0 Å². The average molecular weight is 375 g/mol. The van der Waals surface area contributed by atoms with Gasteiger partial charge in [-0.2, -0.15) is 13.8 Å². The molecule has 4 heteroatoms. The molecule has 0 amide bonds. The Bertz CT molecular complexity index is 734. The SMILES string of the molecule is CCCCC1CCC(CCc2ccc(-c3cc(F)c(F)nc3F)cc2)CC1. The molecule has 0 bridgehead atoms. The second kappa shape index (κ2) is 9.38. The van der Waals surface area contributed by atoms with E-state index >= 15 is 0 Å². The molecule has 1 aliphatic carbocycles. The zero-order chi connectivity index (χ0) is 19.2. The van der Waals surface area contributed by atoms with E-state index in [2.05, 4.69) is 11.9 Å². The van der Waals surface area contributed by atoms with Crippen molar-refractivity contribution >= 4 is 0 Å². The monoisotopic (exact) mass is 375 g/mol. The van der Waals surface area contributed by atoms with Crippen LogP contribution in [0.2, 0.25) is 0 Å². The quantitative estimate of drug-likeness (QED) is 0.471. The number of unbranched alkanes of at least 4 members (excludes halogenated alkanes) is 1. The van der Waals surface area contributed by atoms with E-state index < -0.39 is 17.7 Å². The molecule has 0 atom stereocenters. The van der Waals surface area contributed by atoms with Gasteiger partial charge in [-0.25, -0.2) is 4.39 Å². The van der Waals surface area contributed by atoms with Crippen molar-refractivity contribution in [2.24, 2.45) is 11.8 Å². The van der Waals surface area contributed by atoms with Gasteiger partial charge in [-0.15, -0.1) is 0 Å². The minimum atomic E-state index is -1.41. The third-order valence-electron chi connectivity index (χ3n) is 5.93. The minimum Gasteiger partial charge on any atom is -0.202 e. The minimum absolute atomic E-state index is 0.00847. The van der Waals surface area contributed by atoms with Gasteiger partial charge in [0.25, 0.3) is 5.95 Å². The molecule has 146 valence electrons. The second-order valence-corrected chi connectivity index (χ2v) is 7.86. The lowest BCUT2D eigenvalue weighted by molar-refractivity contribution is 0.250. The van der Waals surface area contributed by atoms with E-state index in [1.165, 1.54) is 56.9 Å². The molecule has 2 aromatic rings. The predicted molar refractivity (Wildman–Crippen MR) is 103 cm³/mol. The van der Waals surface area contributed by atoms with Gasteiger partial charge in [0, 0.05) is 5.56 Å². The standard InChI is InChI=1S/C23H28F3N/c1-2-3-4-16-5-7-17(8-6-16)9-10-18-11-13-19(14-12-18)20-15-21(24)23(26)27-22(20)25/h11-17H,2-10H2,1H3. The molecule has 1 saturated carbocycles. The highest BCUT2D eigenvalue weighted by Crippen LogP contribution is 2.34. The van der Waals surface area contributed by atoms with Crippen LogP contribution in [-0.2, 0) is 6.42 Å². The van der Waals surface area contributed by atoms with Crippen molar-refractivity contribution < 1.29 is 13.2 Å². The number of nitrogens with zero attached hydrogens (tertiary/aromatic N) is 1. The van der Waals surface area contributed by atoms with E-state index in [9.17, 15) is 13.2 Å². The Morgan fingerprint density at radius 1 is 0.889 bits per heavy atom. The molecule has 3 rings (SSSR count). The van der Waals surface area contributed by atoms with E-state index in [4.69, 9.17) is 0 Å². The average Bonchev–Trinajstić information content (AvgIpc) is 2.69. The van der Waals surface area contributed by atoms with Crippen molar-refractivity contribution in [2.45, 2.75) is 64.7 Å².